The first kappa shape index (κ1) is 13.7. The van der Waals surface area contributed by atoms with Gasteiger partial charge in [-0.05, 0) is 49.5 Å². The Hall–Kier alpha value is -0.700. The van der Waals surface area contributed by atoms with Crippen LogP contribution in [0.15, 0.2) is 11.9 Å². The fourth-order valence-corrected chi connectivity index (χ4v) is 3.08. The van der Waals surface area contributed by atoms with E-state index >= 15 is 0 Å². The summed E-state index contributed by atoms with van der Waals surface area (Å²) in [4.78, 5) is 0. The van der Waals surface area contributed by atoms with Gasteiger partial charge in [-0.2, -0.15) is 0 Å². The molecule has 0 aromatic rings. The third-order valence-corrected chi connectivity index (χ3v) is 4.43. The summed E-state index contributed by atoms with van der Waals surface area (Å²) in [6.45, 7) is 7.86. The molecule has 1 fully saturated rings. The second kappa shape index (κ2) is 5.52. The number of nitrogens with two attached hydrogens (primary N) is 1. The Kier molecular flexibility index (Phi) is 4.21. The van der Waals surface area contributed by atoms with Crippen molar-refractivity contribution >= 4 is 0 Å². The van der Waals surface area contributed by atoms with Crippen LogP contribution >= 0.6 is 0 Å². The van der Waals surface area contributed by atoms with Crippen LogP contribution in [0.25, 0.3) is 0 Å². The number of ether oxygens (including phenoxy) is 1. The number of rotatable bonds is 3. The van der Waals surface area contributed by atoms with Gasteiger partial charge in [0.05, 0.1) is 24.6 Å². The van der Waals surface area contributed by atoms with Crippen molar-refractivity contribution < 1.29 is 4.74 Å². The van der Waals surface area contributed by atoms with Gasteiger partial charge in [-0.25, -0.2) is 0 Å². The van der Waals surface area contributed by atoms with Crippen molar-refractivity contribution in [3.05, 3.63) is 11.9 Å². The van der Waals surface area contributed by atoms with Gasteiger partial charge in [0.2, 0.25) is 0 Å². The van der Waals surface area contributed by atoms with E-state index in [1.807, 2.05) is 6.08 Å². The van der Waals surface area contributed by atoms with Crippen molar-refractivity contribution in [3.63, 3.8) is 0 Å². The number of hydrogen-bond acceptors (Lipinski definition) is 3. The highest BCUT2D eigenvalue weighted by Gasteiger charge is 2.30. The van der Waals surface area contributed by atoms with Crippen LogP contribution in [0.2, 0.25) is 0 Å². The third kappa shape index (κ3) is 3.64. The van der Waals surface area contributed by atoms with Crippen molar-refractivity contribution in [1.29, 1.82) is 0 Å². The van der Waals surface area contributed by atoms with Crippen LogP contribution in [-0.4, -0.2) is 18.8 Å². The van der Waals surface area contributed by atoms with Gasteiger partial charge >= 0.3 is 0 Å². The molecule has 3 heteroatoms. The first-order chi connectivity index (χ1) is 8.45. The molecule has 0 aromatic carbocycles. The van der Waals surface area contributed by atoms with Gasteiger partial charge in [0, 0.05) is 0 Å². The highest BCUT2D eigenvalue weighted by molar-refractivity contribution is 5.05. The van der Waals surface area contributed by atoms with E-state index in [-0.39, 0.29) is 0 Å². The van der Waals surface area contributed by atoms with Crippen LogP contribution in [0.5, 0.6) is 0 Å². The molecule has 0 amide bonds. The summed E-state index contributed by atoms with van der Waals surface area (Å²) >= 11 is 0. The maximum absolute atomic E-state index is 6.02. The Balaban J connectivity index is 1.65. The van der Waals surface area contributed by atoms with E-state index in [9.17, 15) is 0 Å². The Morgan fingerprint density at radius 1 is 1.28 bits per heavy atom. The first-order valence-electron chi connectivity index (χ1n) is 7.29. The zero-order valence-corrected chi connectivity index (χ0v) is 12.0. The number of hydrogen-bond donors (Lipinski definition) is 2. The predicted octanol–water partition coefficient (Wildman–Crippen LogP) is 2.77. The fourth-order valence-electron chi connectivity index (χ4n) is 3.08. The van der Waals surface area contributed by atoms with Crippen LogP contribution in [0.1, 0.15) is 52.9 Å². The monoisotopic (exact) mass is 252 g/mol. The molecule has 3 N–H and O–H groups in total. The largest absolute Gasteiger partial charge is 0.386 e. The fraction of sp³-hybridized carbons (Fsp3) is 0.867. The molecule has 2 aliphatic rings. The quantitative estimate of drug-likeness (QED) is 0.812. The highest BCUT2D eigenvalue weighted by atomic mass is 16.5. The lowest BCUT2D eigenvalue weighted by Crippen LogP contribution is -2.34. The minimum absolute atomic E-state index is 0.394. The van der Waals surface area contributed by atoms with Gasteiger partial charge in [-0.1, -0.05) is 20.8 Å². The molecule has 2 rings (SSSR count). The Morgan fingerprint density at radius 2 is 1.94 bits per heavy atom. The molecular formula is C15H28N2O. The standard InChI is InChI=1S/C15H28N2O/c1-15(2,3)11-4-7-13(8-5-11)18-10-12-6-9-14(16)17-12/h9,11-13,17H,4-8,10,16H2,1-3H3. The number of nitrogens with one attached hydrogen (secondary N) is 1. The van der Waals surface area contributed by atoms with Crippen LogP contribution in [0, 0.1) is 11.3 Å². The summed E-state index contributed by atoms with van der Waals surface area (Å²) in [7, 11) is 0. The zero-order chi connectivity index (χ0) is 13.2. The molecule has 0 radical (unpaired) electrons. The maximum Gasteiger partial charge on any atom is 0.0922 e. The van der Waals surface area contributed by atoms with Crippen LogP contribution < -0.4 is 11.1 Å². The Bertz CT molecular complexity index is 298. The van der Waals surface area contributed by atoms with E-state index in [2.05, 4.69) is 26.1 Å². The normalized spacial score (nSPS) is 33.1. The first-order valence-corrected chi connectivity index (χ1v) is 7.29. The molecule has 3 nitrogen and oxygen atoms in total. The molecule has 1 heterocycles. The summed E-state index contributed by atoms with van der Waals surface area (Å²) in [5, 5.41) is 3.24. The summed E-state index contributed by atoms with van der Waals surface area (Å²) in [6, 6.07) is 0.394. The van der Waals surface area contributed by atoms with Crippen molar-refractivity contribution in [1.82, 2.24) is 5.32 Å². The van der Waals surface area contributed by atoms with E-state index in [4.69, 9.17) is 10.5 Å². The summed E-state index contributed by atoms with van der Waals surface area (Å²) in [5.74, 6) is 1.67. The molecule has 1 saturated carbocycles. The van der Waals surface area contributed by atoms with E-state index in [1.54, 1.807) is 0 Å². The van der Waals surface area contributed by atoms with Gasteiger partial charge in [0.1, 0.15) is 0 Å². The zero-order valence-electron chi connectivity index (χ0n) is 12.0. The van der Waals surface area contributed by atoms with E-state index in [0.29, 0.717) is 17.6 Å². The van der Waals surface area contributed by atoms with Crippen LogP contribution in [0.3, 0.4) is 0 Å². The summed E-state index contributed by atoms with van der Waals surface area (Å²) < 4.78 is 6.02. The average Bonchev–Trinajstić information content (AvgIpc) is 2.72. The lowest BCUT2D eigenvalue weighted by molar-refractivity contribution is -0.00357. The van der Waals surface area contributed by atoms with Crippen LogP contribution in [0.4, 0.5) is 0 Å². The van der Waals surface area contributed by atoms with E-state index in [0.717, 1.165) is 24.8 Å². The lowest BCUT2D eigenvalue weighted by atomic mass is 9.72. The molecule has 1 atom stereocenters. The Labute approximate surface area is 111 Å². The van der Waals surface area contributed by atoms with Gasteiger partial charge in [0.25, 0.3) is 0 Å². The summed E-state index contributed by atoms with van der Waals surface area (Å²) in [6.07, 6.45) is 8.58. The molecule has 1 unspecified atom stereocenters. The molecule has 104 valence electrons. The molecule has 0 bridgehead atoms. The van der Waals surface area contributed by atoms with Gasteiger partial charge in [0.15, 0.2) is 0 Å². The van der Waals surface area contributed by atoms with Gasteiger partial charge in [-0.15, -0.1) is 0 Å². The van der Waals surface area contributed by atoms with Gasteiger partial charge < -0.3 is 15.8 Å². The minimum atomic E-state index is 0.394. The second-order valence-corrected chi connectivity index (χ2v) is 6.91. The molecule has 0 spiro atoms. The molecule has 0 saturated heterocycles. The molecular weight excluding hydrogens is 224 g/mol. The minimum Gasteiger partial charge on any atom is -0.386 e. The maximum atomic E-state index is 6.02. The average molecular weight is 252 g/mol. The van der Waals surface area contributed by atoms with Crippen LogP contribution in [-0.2, 0) is 4.74 Å². The lowest BCUT2D eigenvalue weighted by Gasteiger charge is -2.37. The summed E-state index contributed by atoms with van der Waals surface area (Å²) in [5.41, 5.74) is 6.15. The van der Waals surface area contributed by atoms with Crippen molar-refractivity contribution in [2.45, 2.75) is 65.0 Å². The third-order valence-electron chi connectivity index (χ3n) is 4.43. The Morgan fingerprint density at radius 3 is 2.44 bits per heavy atom. The smallest absolute Gasteiger partial charge is 0.0922 e. The second-order valence-electron chi connectivity index (χ2n) is 6.91. The molecule has 1 aliphatic heterocycles. The predicted molar refractivity (Wildman–Crippen MR) is 75.0 cm³/mol. The van der Waals surface area contributed by atoms with Gasteiger partial charge in [-0.3, -0.25) is 0 Å². The van der Waals surface area contributed by atoms with Crippen molar-refractivity contribution in [2.24, 2.45) is 17.1 Å². The molecule has 1 aliphatic carbocycles. The molecule has 0 aromatic heterocycles. The highest BCUT2D eigenvalue weighted by Crippen LogP contribution is 2.38. The van der Waals surface area contributed by atoms with E-state index < -0.39 is 0 Å². The SMILES string of the molecule is CC(C)(C)C1CCC(OCC2CC=C(N)N2)CC1. The van der Waals surface area contributed by atoms with E-state index in [1.165, 1.54) is 25.7 Å². The van der Waals surface area contributed by atoms with Crippen molar-refractivity contribution in [3.8, 4) is 0 Å². The topological polar surface area (TPSA) is 47.3 Å². The van der Waals surface area contributed by atoms with Crippen molar-refractivity contribution in [2.75, 3.05) is 6.61 Å². The molecule has 18 heavy (non-hydrogen) atoms.